The number of piperazine rings is 1. The van der Waals surface area contributed by atoms with Gasteiger partial charge in [-0.2, -0.15) is 0 Å². The second-order valence-electron chi connectivity index (χ2n) is 9.61. The lowest BCUT2D eigenvalue weighted by Gasteiger charge is -2.37. The largest absolute Gasteiger partial charge is 0.478 e. The van der Waals surface area contributed by atoms with Gasteiger partial charge in [0.2, 0.25) is 5.95 Å². The number of likely N-dealkylation sites (N-methyl/N-ethyl adjacent to an activating group) is 1. The van der Waals surface area contributed by atoms with Gasteiger partial charge in [0.1, 0.15) is 5.69 Å². The van der Waals surface area contributed by atoms with E-state index < -0.39 is 0 Å². The number of hydrogen-bond acceptors (Lipinski definition) is 9. The number of aryl methyl sites for hydroxylation is 1. The average Bonchev–Trinajstić information content (AvgIpc) is 3.51. The van der Waals surface area contributed by atoms with E-state index in [1.54, 1.807) is 25.1 Å². The third kappa shape index (κ3) is 5.40. The topological polar surface area (TPSA) is 113 Å². The van der Waals surface area contributed by atoms with E-state index in [9.17, 15) is 4.79 Å². The molecule has 0 radical (unpaired) electrons. The molecule has 11 heteroatoms. The summed E-state index contributed by atoms with van der Waals surface area (Å²) in [4.78, 5) is 30.5. The molecule has 1 aromatic carbocycles. The van der Waals surface area contributed by atoms with Crippen LogP contribution in [0.3, 0.4) is 0 Å². The SMILES string of the molecule is COC[C@H](C(=O)Cc1cccc2c(-c3ccnc(Nc4cn(C)nc4OC)n3)c[nH]c12)N1CCN(C)CC1. The lowest BCUT2D eigenvalue weighted by molar-refractivity contribution is -0.126. The van der Waals surface area contributed by atoms with Crippen LogP contribution in [0.15, 0.2) is 42.9 Å². The van der Waals surface area contributed by atoms with E-state index in [4.69, 9.17) is 14.5 Å². The zero-order valence-electron chi connectivity index (χ0n) is 22.3. The normalized spacial score (nSPS) is 15.6. The van der Waals surface area contributed by atoms with E-state index in [0.29, 0.717) is 30.5 Å². The number of hydrogen-bond donors (Lipinski definition) is 2. The molecule has 0 amide bonds. The minimum Gasteiger partial charge on any atom is -0.478 e. The van der Waals surface area contributed by atoms with E-state index in [1.165, 1.54) is 0 Å². The molecule has 0 unspecified atom stereocenters. The fraction of sp³-hybridized carbons (Fsp3) is 0.407. The minimum atomic E-state index is -0.252. The van der Waals surface area contributed by atoms with Gasteiger partial charge >= 0.3 is 0 Å². The van der Waals surface area contributed by atoms with Crippen LogP contribution >= 0.6 is 0 Å². The van der Waals surface area contributed by atoms with Gasteiger partial charge in [-0.15, -0.1) is 5.10 Å². The molecule has 1 aliphatic heterocycles. The van der Waals surface area contributed by atoms with Gasteiger partial charge in [0, 0.05) is 75.6 Å². The number of aromatic nitrogens is 5. The Morgan fingerprint density at radius 3 is 2.74 bits per heavy atom. The number of fused-ring (bicyclic) bond motifs is 1. The molecule has 38 heavy (non-hydrogen) atoms. The monoisotopic (exact) mass is 518 g/mol. The lowest BCUT2D eigenvalue weighted by atomic mass is 9.99. The summed E-state index contributed by atoms with van der Waals surface area (Å²) in [6, 6.07) is 7.66. The summed E-state index contributed by atoms with van der Waals surface area (Å²) in [7, 11) is 7.16. The van der Waals surface area contributed by atoms with Crippen LogP contribution in [0.2, 0.25) is 0 Å². The van der Waals surface area contributed by atoms with E-state index in [0.717, 1.165) is 53.9 Å². The van der Waals surface area contributed by atoms with Crippen LogP contribution in [0.5, 0.6) is 5.88 Å². The Balaban J connectivity index is 1.38. The van der Waals surface area contributed by atoms with Gasteiger partial charge in [-0.05, 0) is 18.7 Å². The van der Waals surface area contributed by atoms with Gasteiger partial charge in [-0.1, -0.05) is 18.2 Å². The van der Waals surface area contributed by atoms with Gasteiger partial charge in [0.05, 0.1) is 31.6 Å². The van der Waals surface area contributed by atoms with Gasteiger partial charge in [-0.3, -0.25) is 14.4 Å². The van der Waals surface area contributed by atoms with Gasteiger partial charge < -0.3 is 24.7 Å². The molecule has 200 valence electrons. The smallest absolute Gasteiger partial charge is 0.256 e. The zero-order valence-corrected chi connectivity index (χ0v) is 22.3. The number of nitrogens with zero attached hydrogens (tertiary/aromatic N) is 6. The highest BCUT2D eigenvalue weighted by molar-refractivity contribution is 5.98. The summed E-state index contributed by atoms with van der Waals surface area (Å²) in [5, 5.41) is 8.45. The standard InChI is InChI=1S/C27H34N8O3/c1-33-10-12-35(13-11-33)23(17-37-3)24(36)14-18-6-5-7-19-20(15-29-25(18)19)21-8-9-28-27(30-21)31-22-16-34(2)32-26(22)38-4/h5-9,15-16,23,29H,10-14,17H2,1-4H3,(H,28,30,31)/t23-/m1/s1. The van der Waals surface area contributed by atoms with Crippen molar-refractivity contribution < 1.29 is 14.3 Å². The molecule has 5 rings (SSSR count). The number of benzene rings is 1. The average molecular weight is 519 g/mol. The fourth-order valence-electron chi connectivity index (χ4n) is 4.97. The van der Waals surface area contributed by atoms with Crippen LogP contribution in [-0.2, 0) is 23.0 Å². The second kappa shape index (κ2) is 11.3. The number of ether oxygens (including phenoxy) is 2. The fourth-order valence-corrected chi connectivity index (χ4v) is 4.97. The van der Waals surface area contributed by atoms with Crippen molar-refractivity contribution in [2.45, 2.75) is 12.5 Å². The number of ketones is 1. The van der Waals surface area contributed by atoms with Crippen LogP contribution in [0.1, 0.15) is 5.56 Å². The first-order valence-electron chi connectivity index (χ1n) is 12.7. The molecule has 1 aliphatic rings. The maximum Gasteiger partial charge on any atom is 0.256 e. The van der Waals surface area contributed by atoms with Crippen molar-refractivity contribution in [1.29, 1.82) is 0 Å². The van der Waals surface area contributed by atoms with Gasteiger partial charge in [-0.25, -0.2) is 9.97 Å². The van der Waals surface area contributed by atoms with Crippen LogP contribution < -0.4 is 10.1 Å². The van der Waals surface area contributed by atoms with E-state index in [-0.39, 0.29) is 11.8 Å². The number of carbonyl (C=O) groups excluding carboxylic acids is 1. The highest BCUT2D eigenvalue weighted by Crippen LogP contribution is 2.31. The van der Waals surface area contributed by atoms with E-state index >= 15 is 0 Å². The first-order valence-corrected chi connectivity index (χ1v) is 12.7. The summed E-state index contributed by atoms with van der Waals surface area (Å²) in [5.74, 6) is 1.06. The van der Waals surface area contributed by atoms with Crippen LogP contribution in [0, 0.1) is 0 Å². The maximum atomic E-state index is 13.5. The molecule has 1 atom stereocenters. The third-order valence-corrected chi connectivity index (χ3v) is 7.01. The number of methoxy groups -OCH3 is 2. The van der Waals surface area contributed by atoms with Crippen molar-refractivity contribution in [2.24, 2.45) is 7.05 Å². The Hall–Kier alpha value is -3.80. The second-order valence-corrected chi connectivity index (χ2v) is 9.61. The van der Waals surface area contributed by atoms with Crippen molar-refractivity contribution in [3.8, 4) is 17.1 Å². The number of H-pyrrole nitrogens is 1. The number of aromatic amines is 1. The molecule has 0 aliphatic carbocycles. The first kappa shape index (κ1) is 25.8. The summed E-state index contributed by atoms with van der Waals surface area (Å²) in [5.41, 5.74) is 4.27. The molecular formula is C27H34N8O3. The zero-order chi connectivity index (χ0) is 26.6. The van der Waals surface area contributed by atoms with Crippen LogP contribution in [0.4, 0.5) is 11.6 Å². The Bertz CT molecular complexity index is 1410. The predicted octanol–water partition coefficient (Wildman–Crippen LogP) is 2.48. The predicted molar refractivity (Wildman–Crippen MR) is 146 cm³/mol. The molecule has 11 nitrogen and oxygen atoms in total. The molecule has 4 aromatic rings. The summed E-state index contributed by atoms with van der Waals surface area (Å²) >= 11 is 0. The molecule has 0 saturated carbocycles. The maximum absolute atomic E-state index is 13.5. The number of Topliss-reactive ketones (excluding diaryl/α,β-unsaturated/α-hetero) is 1. The highest BCUT2D eigenvalue weighted by atomic mass is 16.5. The highest BCUT2D eigenvalue weighted by Gasteiger charge is 2.28. The molecule has 1 fully saturated rings. The van der Waals surface area contributed by atoms with Crippen LogP contribution in [0.25, 0.3) is 22.2 Å². The van der Waals surface area contributed by atoms with Gasteiger partial charge in [0.25, 0.3) is 5.88 Å². The molecule has 1 saturated heterocycles. The van der Waals surface area contributed by atoms with Crippen LogP contribution in [-0.4, -0.2) is 100 Å². The molecule has 0 spiro atoms. The van der Waals surface area contributed by atoms with Crippen molar-refractivity contribution in [1.82, 2.24) is 34.5 Å². The molecule has 2 N–H and O–H groups in total. The van der Waals surface area contributed by atoms with Crippen molar-refractivity contribution >= 4 is 28.3 Å². The van der Waals surface area contributed by atoms with Crippen molar-refractivity contribution in [3.05, 3.63) is 48.4 Å². The van der Waals surface area contributed by atoms with E-state index in [2.05, 4.69) is 37.2 Å². The number of nitrogens with one attached hydrogen (secondary N) is 2. The number of anilines is 2. The third-order valence-electron chi connectivity index (χ3n) is 7.01. The summed E-state index contributed by atoms with van der Waals surface area (Å²) in [6.07, 6.45) is 5.78. The lowest BCUT2D eigenvalue weighted by Crippen LogP contribution is -2.53. The van der Waals surface area contributed by atoms with Crippen molar-refractivity contribution in [2.75, 3.05) is 59.4 Å². The Morgan fingerprint density at radius 1 is 1.16 bits per heavy atom. The summed E-state index contributed by atoms with van der Waals surface area (Å²) < 4.78 is 12.4. The Kier molecular flexibility index (Phi) is 7.68. The molecule has 3 aromatic heterocycles. The Labute approximate surface area is 221 Å². The van der Waals surface area contributed by atoms with Crippen molar-refractivity contribution in [3.63, 3.8) is 0 Å². The number of carbonyl (C=O) groups is 1. The minimum absolute atomic E-state index is 0.166. The summed E-state index contributed by atoms with van der Waals surface area (Å²) in [6.45, 7) is 4.02. The molecular weight excluding hydrogens is 484 g/mol. The first-order chi connectivity index (χ1) is 18.5. The Morgan fingerprint density at radius 2 is 1.97 bits per heavy atom. The van der Waals surface area contributed by atoms with Gasteiger partial charge in [0.15, 0.2) is 5.78 Å². The number of para-hydroxylation sites is 1. The molecule has 4 heterocycles. The molecule has 0 bridgehead atoms. The number of rotatable bonds is 10. The van der Waals surface area contributed by atoms with E-state index in [1.807, 2.05) is 43.7 Å². The quantitative estimate of drug-likeness (QED) is 0.327.